The van der Waals surface area contributed by atoms with E-state index in [9.17, 15) is 25.0 Å². The van der Waals surface area contributed by atoms with E-state index < -0.39 is 21.4 Å². The Kier molecular flexibility index (Phi) is 5.73. The van der Waals surface area contributed by atoms with Gasteiger partial charge in [-0.25, -0.2) is 15.0 Å². The average Bonchev–Trinajstić information content (AvgIpc) is 3.21. The van der Waals surface area contributed by atoms with Gasteiger partial charge in [-0.05, 0) is 24.6 Å². The Labute approximate surface area is 188 Å². The van der Waals surface area contributed by atoms with Crippen LogP contribution in [-0.4, -0.2) is 30.7 Å². The van der Waals surface area contributed by atoms with Crippen molar-refractivity contribution < 1.29 is 14.6 Å². The second-order valence-electron chi connectivity index (χ2n) is 6.63. The molecule has 0 atom stereocenters. The number of aromatic nitrogens is 3. The molecule has 4 aromatic rings. The maximum absolute atomic E-state index is 12.3. The highest BCUT2D eigenvalue weighted by atomic mass is 32.1. The number of thiazole rings is 1. The number of rotatable bonds is 7. The number of carbonyl (C=O) groups excluding carboxylic acids is 1. The monoisotopic (exact) mass is 466 g/mol. The molecule has 0 aliphatic heterocycles. The molecule has 3 N–H and O–H groups in total. The van der Waals surface area contributed by atoms with E-state index in [4.69, 9.17) is 0 Å². The Morgan fingerprint density at radius 3 is 2.52 bits per heavy atom. The highest BCUT2D eigenvalue weighted by Crippen LogP contribution is 2.34. The van der Waals surface area contributed by atoms with Crippen LogP contribution in [0.3, 0.4) is 0 Å². The number of fused-ring (bicyclic) bond motifs is 1. The first-order valence-electron chi connectivity index (χ1n) is 9.27. The Morgan fingerprint density at radius 2 is 1.79 bits per heavy atom. The van der Waals surface area contributed by atoms with Gasteiger partial charge in [-0.2, -0.15) is 0 Å². The van der Waals surface area contributed by atoms with Gasteiger partial charge < -0.3 is 5.32 Å². The van der Waals surface area contributed by atoms with E-state index in [0.717, 1.165) is 28.2 Å². The number of nitro benzene ring substituents is 1. The van der Waals surface area contributed by atoms with Gasteiger partial charge in [0.25, 0.3) is 11.6 Å². The number of para-hydroxylation sites is 1. The SMILES string of the molecule is Cc1cccc2sc(Nc3ncnc(NNC(=O)c4cccc([N+](=O)[O-])c4)c3[N+](=O)[O-])nc12. The minimum atomic E-state index is -0.747. The fourth-order valence-electron chi connectivity index (χ4n) is 2.92. The summed E-state index contributed by atoms with van der Waals surface area (Å²) in [5.41, 5.74) is 5.55. The summed E-state index contributed by atoms with van der Waals surface area (Å²) in [4.78, 5) is 45.9. The molecule has 33 heavy (non-hydrogen) atoms. The summed E-state index contributed by atoms with van der Waals surface area (Å²) in [6.07, 6.45) is 1.08. The molecule has 2 aromatic heterocycles. The van der Waals surface area contributed by atoms with Gasteiger partial charge in [0.2, 0.25) is 11.6 Å². The van der Waals surface area contributed by atoms with Crippen molar-refractivity contribution in [3.63, 3.8) is 0 Å². The predicted octanol–water partition coefficient (Wildman–Crippen LogP) is 3.71. The number of hydrogen-bond acceptors (Lipinski definition) is 11. The van der Waals surface area contributed by atoms with Gasteiger partial charge in [-0.1, -0.05) is 29.5 Å². The Hall–Kier alpha value is -4.72. The quantitative estimate of drug-likeness (QED) is 0.268. The fourth-order valence-corrected chi connectivity index (χ4v) is 3.87. The van der Waals surface area contributed by atoms with E-state index >= 15 is 0 Å². The molecule has 0 bridgehead atoms. The van der Waals surface area contributed by atoms with E-state index in [-0.39, 0.29) is 22.9 Å². The number of benzene rings is 2. The molecule has 4 rings (SSSR count). The summed E-state index contributed by atoms with van der Waals surface area (Å²) >= 11 is 1.30. The van der Waals surface area contributed by atoms with E-state index in [1.54, 1.807) is 0 Å². The summed E-state index contributed by atoms with van der Waals surface area (Å²) < 4.78 is 0.900. The van der Waals surface area contributed by atoms with Crippen molar-refractivity contribution in [3.05, 3.63) is 80.1 Å². The van der Waals surface area contributed by atoms with Gasteiger partial charge in [0.1, 0.15) is 6.33 Å². The van der Waals surface area contributed by atoms with E-state index in [0.29, 0.717) is 5.13 Å². The van der Waals surface area contributed by atoms with Crippen LogP contribution in [0.4, 0.5) is 28.1 Å². The van der Waals surface area contributed by atoms with Gasteiger partial charge >= 0.3 is 5.69 Å². The number of hydrazine groups is 1. The highest BCUT2D eigenvalue weighted by Gasteiger charge is 2.25. The van der Waals surface area contributed by atoms with Gasteiger partial charge in [-0.15, -0.1) is 0 Å². The number of nitrogens with zero attached hydrogens (tertiary/aromatic N) is 5. The molecule has 0 saturated heterocycles. The number of non-ortho nitro benzene ring substituents is 1. The summed E-state index contributed by atoms with van der Waals surface area (Å²) in [7, 11) is 0. The Balaban J connectivity index is 1.58. The van der Waals surface area contributed by atoms with Crippen LogP contribution in [0, 0.1) is 27.2 Å². The first-order valence-corrected chi connectivity index (χ1v) is 10.1. The van der Waals surface area contributed by atoms with Crippen molar-refractivity contribution in [3.8, 4) is 0 Å². The number of anilines is 3. The molecule has 13 nitrogen and oxygen atoms in total. The minimum Gasteiger partial charge on any atom is -0.310 e. The van der Waals surface area contributed by atoms with Crippen LogP contribution < -0.4 is 16.2 Å². The van der Waals surface area contributed by atoms with Crippen LogP contribution in [0.15, 0.2) is 48.8 Å². The second-order valence-corrected chi connectivity index (χ2v) is 7.66. The summed E-state index contributed by atoms with van der Waals surface area (Å²) in [5.74, 6) is -1.16. The maximum Gasteiger partial charge on any atom is 0.355 e. The lowest BCUT2D eigenvalue weighted by Gasteiger charge is -2.10. The first-order chi connectivity index (χ1) is 15.8. The standard InChI is InChI=1S/C19H14N8O5S/c1-10-4-2-7-13-14(10)22-19(33-13)23-16-15(27(31)32)17(21-9-20-16)24-25-18(28)11-5-3-6-12(8-11)26(29)30/h2-9H,1H3,(H,25,28)(H2,20,21,22,23,24). The third-order valence-electron chi connectivity index (χ3n) is 4.46. The molecule has 2 heterocycles. The molecule has 0 saturated carbocycles. The molecule has 2 aromatic carbocycles. The molecule has 0 aliphatic carbocycles. The molecule has 14 heteroatoms. The van der Waals surface area contributed by atoms with Crippen molar-refractivity contribution in [2.45, 2.75) is 6.92 Å². The Bertz CT molecular complexity index is 1410. The summed E-state index contributed by atoms with van der Waals surface area (Å²) in [6, 6.07) is 10.7. The zero-order valence-corrected chi connectivity index (χ0v) is 17.6. The lowest BCUT2D eigenvalue weighted by molar-refractivity contribution is -0.384. The molecule has 166 valence electrons. The third-order valence-corrected chi connectivity index (χ3v) is 5.40. The molecular formula is C19H14N8O5S. The largest absolute Gasteiger partial charge is 0.355 e. The number of aryl methyl sites for hydroxylation is 1. The van der Waals surface area contributed by atoms with Crippen molar-refractivity contribution in [2.24, 2.45) is 0 Å². The molecule has 0 aliphatic rings. The fraction of sp³-hybridized carbons (Fsp3) is 0.0526. The average molecular weight is 466 g/mol. The summed E-state index contributed by atoms with van der Waals surface area (Å²) in [5, 5.41) is 25.9. The number of amides is 1. The van der Waals surface area contributed by atoms with Gasteiger partial charge in [0, 0.05) is 17.7 Å². The lowest BCUT2D eigenvalue weighted by atomic mass is 10.2. The number of hydrogen-bond donors (Lipinski definition) is 3. The zero-order chi connectivity index (χ0) is 23.5. The topological polar surface area (TPSA) is 178 Å². The molecule has 0 unspecified atom stereocenters. The normalized spacial score (nSPS) is 10.6. The Morgan fingerprint density at radius 1 is 1.03 bits per heavy atom. The summed E-state index contributed by atoms with van der Waals surface area (Å²) in [6.45, 7) is 1.91. The second kappa shape index (κ2) is 8.80. The van der Waals surface area contributed by atoms with Crippen molar-refractivity contribution in [1.82, 2.24) is 20.4 Å². The molecular weight excluding hydrogens is 452 g/mol. The smallest absolute Gasteiger partial charge is 0.310 e. The van der Waals surface area contributed by atoms with Crippen LogP contribution in [0.2, 0.25) is 0 Å². The molecule has 0 radical (unpaired) electrons. The van der Waals surface area contributed by atoms with Crippen molar-refractivity contribution in [2.75, 3.05) is 10.7 Å². The van der Waals surface area contributed by atoms with Crippen molar-refractivity contribution in [1.29, 1.82) is 0 Å². The maximum atomic E-state index is 12.3. The van der Waals surface area contributed by atoms with E-state index in [1.165, 1.54) is 29.5 Å². The van der Waals surface area contributed by atoms with Gasteiger partial charge in [0.05, 0.1) is 20.1 Å². The number of carbonyl (C=O) groups is 1. The third kappa shape index (κ3) is 4.49. The highest BCUT2D eigenvalue weighted by molar-refractivity contribution is 7.22. The van der Waals surface area contributed by atoms with Crippen LogP contribution >= 0.6 is 11.3 Å². The molecule has 0 fully saturated rings. The van der Waals surface area contributed by atoms with E-state index in [2.05, 4.69) is 31.1 Å². The predicted molar refractivity (Wildman–Crippen MR) is 121 cm³/mol. The minimum absolute atomic E-state index is 0.0170. The molecule has 1 amide bonds. The zero-order valence-electron chi connectivity index (χ0n) is 16.8. The molecule has 0 spiro atoms. The lowest BCUT2D eigenvalue weighted by Crippen LogP contribution is -2.30. The number of nitro groups is 2. The van der Waals surface area contributed by atoms with Crippen LogP contribution in [-0.2, 0) is 0 Å². The van der Waals surface area contributed by atoms with Crippen LogP contribution in [0.5, 0.6) is 0 Å². The first kappa shape index (κ1) is 21.5. The van der Waals surface area contributed by atoms with Crippen LogP contribution in [0.25, 0.3) is 10.2 Å². The van der Waals surface area contributed by atoms with Crippen molar-refractivity contribution >= 4 is 55.6 Å². The van der Waals surface area contributed by atoms with Gasteiger partial charge in [0.15, 0.2) is 5.13 Å². The number of nitrogens with one attached hydrogen (secondary N) is 3. The van der Waals surface area contributed by atoms with E-state index in [1.807, 2.05) is 25.1 Å². The van der Waals surface area contributed by atoms with Gasteiger partial charge in [-0.3, -0.25) is 35.9 Å². The van der Waals surface area contributed by atoms with Crippen LogP contribution in [0.1, 0.15) is 15.9 Å².